The van der Waals surface area contributed by atoms with E-state index in [2.05, 4.69) is 44.1 Å². The van der Waals surface area contributed by atoms with Crippen LogP contribution in [0.3, 0.4) is 0 Å². The summed E-state index contributed by atoms with van der Waals surface area (Å²) < 4.78 is 1.77. The van der Waals surface area contributed by atoms with Gasteiger partial charge in [-0.25, -0.2) is 0 Å². The Balaban J connectivity index is 2.16. The Labute approximate surface area is 141 Å². The van der Waals surface area contributed by atoms with Crippen molar-refractivity contribution in [2.45, 2.75) is 38.1 Å². The van der Waals surface area contributed by atoms with Gasteiger partial charge in [0.2, 0.25) is 0 Å². The van der Waals surface area contributed by atoms with Crippen molar-refractivity contribution in [1.82, 2.24) is 5.32 Å². The van der Waals surface area contributed by atoms with Gasteiger partial charge in [-0.1, -0.05) is 51.6 Å². The van der Waals surface area contributed by atoms with Gasteiger partial charge in [-0.05, 0) is 37.0 Å². The van der Waals surface area contributed by atoms with Gasteiger partial charge in [-0.15, -0.1) is 11.6 Å². The van der Waals surface area contributed by atoms with Crippen molar-refractivity contribution in [1.29, 1.82) is 0 Å². The fraction of sp³-hybridized carbons (Fsp3) is 0.533. The Morgan fingerprint density at radius 3 is 2.60 bits per heavy atom. The summed E-state index contributed by atoms with van der Waals surface area (Å²) in [7, 11) is 0. The average Bonchev–Trinajstić information content (AvgIpc) is 2.37. The molecular weight excluding hydrogens is 405 g/mol. The third-order valence-electron chi connectivity index (χ3n) is 3.85. The highest BCUT2D eigenvalue weighted by Gasteiger charge is 2.35. The van der Waals surface area contributed by atoms with Gasteiger partial charge in [-0.2, -0.15) is 0 Å². The molecule has 1 amide bonds. The zero-order valence-electron chi connectivity index (χ0n) is 11.4. The lowest BCUT2D eigenvalue weighted by atomic mass is 9.77. The quantitative estimate of drug-likeness (QED) is 0.671. The predicted molar refractivity (Wildman–Crippen MR) is 90.4 cm³/mol. The Kier molecular flexibility index (Phi) is 5.55. The first-order valence-electron chi connectivity index (χ1n) is 6.79. The summed E-state index contributed by atoms with van der Waals surface area (Å²) in [5.74, 6) is 1.02. The van der Waals surface area contributed by atoms with E-state index in [-0.39, 0.29) is 11.4 Å². The van der Waals surface area contributed by atoms with Crippen LogP contribution in [0.2, 0.25) is 0 Å². The second kappa shape index (κ2) is 6.80. The summed E-state index contributed by atoms with van der Waals surface area (Å²) >= 11 is 13.0. The van der Waals surface area contributed by atoms with E-state index < -0.39 is 0 Å². The van der Waals surface area contributed by atoms with Crippen molar-refractivity contribution in [3.8, 4) is 0 Å². The van der Waals surface area contributed by atoms with Crippen LogP contribution in [-0.2, 0) is 0 Å². The summed E-state index contributed by atoms with van der Waals surface area (Å²) in [4.78, 5) is 12.5. The SMILES string of the molecule is CC1CCCC(CCl)(NC(=O)c2cc(Br)cc(Br)c2)C1. The zero-order valence-corrected chi connectivity index (χ0v) is 15.3. The molecule has 1 aliphatic rings. The van der Waals surface area contributed by atoms with Crippen molar-refractivity contribution < 1.29 is 4.79 Å². The second-order valence-electron chi connectivity index (χ2n) is 5.73. The van der Waals surface area contributed by atoms with Crippen LogP contribution >= 0.6 is 43.5 Å². The number of carbonyl (C=O) groups excluding carboxylic acids is 1. The predicted octanol–water partition coefficient (Wildman–Crippen LogP) is 5.13. The molecule has 0 spiro atoms. The van der Waals surface area contributed by atoms with Crippen molar-refractivity contribution in [3.05, 3.63) is 32.7 Å². The molecule has 2 rings (SSSR count). The first-order valence-corrected chi connectivity index (χ1v) is 8.91. The number of hydrogen-bond acceptors (Lipinski definition) is 1. The van der Waals surface area contributed by atoms with Crippen LogP contribution in [0.25, 0.3) is 0 Å². The van der Waals surface area contributed by atoms with Gasteiger partial charge in [0.15, 0.2) is 0 Å². The van der Waals surface area contributed by atoms with Gasteiger partial charge in [-0.3, -0.25) is 4.79 Å². The molecule has 1 fully saturated rings. The van der Waals surface area contributed by atoms with E-state index in [0.717, 1.165) is 28.2 Å². The van der Waals surface area contributed by atoms with E-state index in [1.807, 2.05) is 18.2 Å². The average molecular weight is 424 g/mol. The Morgan fingerprint density at radius 2 is 2.05 bits per heavy atom. The number of nitrogens with one attached hydrogen (secondary N) is 1. The highest BCUT2D eigenvalue weighted by atomic mass is 79.9. The molecule has 0 aliphatic heterocycles. The molecule has 20 heavy (non-hydrogen) atoms. The van der Waals surface area contributed by atoms with E-state index in [0.29, 0.717) is 17.4 Å². The molecule has 2 atom stereocenters. The lowest BCUT2D eigenvalue weighted by molar-refractivity contribution is 0.0867. The summed E-state index contributed by atoms with van der Waals surface area (Å²) in [6.07, 6.45) is 4.26. The summed E-state index contributed by atoms with van der Waals surface area (Å²) in [5, 5.41) is 3.17. The molecule has 110 valence electrons. The number of alkyl halides is 1. The van der Waals surface area contributed by atoms with Crippen LogP contribution in [-0.4, -0.2) is 17.3 Å². The summed E-state index contributed by atoms with van der Waals surface area (Å²) in [6, 6.07) is 5.57. The molecule has 2 unspecified atom stereocenters. The topological polar surface area (TPSA) is 29.1 Å². The maximum atomic E-state index is 12.5. The molecule has 1 N–H and O–H groups in total. The summed E-state index contributed by atoms with van der Waals surface area (Å²) in [5.41, 5.74) is 0.388. The molecule has 1 aliphatic carbocycles. The van der Waals surface area contributed by atoms with Crippen LogP contribution in [0.1, 0.15) is 43.0 Å². The minimum Gasteiger partial charge on any atom is -0.345 e. The molecule has 0 heterocycles. The molecule has 5 heteroatoms. The lowest BCUT2D eigenvalue weighted by Gasteiger charge is -2.39. The maximum Gasteiger partial charge on any atom is 0.251 e. The summed E-state index contributed by atoms with van der Waals surface area (Å²) in [6.45, 7) is 2.22. The van der Waals surface area contributed by atoms with Crippen molar-refractivity contribution >= 4 is 49.4 Å². The van der Waals surface area contributed by atoms with Crippen LogP contribution in [0, 0.1) is 5.92 Å². The van der Waals surface area contributed by atoms with E-state index in [1.54, 1.807) is 0 Å². The third-order valence-corrected chi connectivity index (χ3v) is 5.28. The van der Waals surface area contributed by atoms with Gasteiger partial charge in [0.05, 0.1) is 5.54 Å². The third kappa shape index (κ3) is 3.99. The lowest BCUT2D eigenvalue weighted by Crippen LogP contribution is -2.52. The largest absolute Gasteiger partial charge is 0.345 e. The van der Waals surface area contributed by atoms with Gasteiger partial charge < -0.3 is 5.32 Å². The molecule has 0 aromatic heterocycles. The Hall–Kier alpha value is -0.0600. The number of rotatable bonds is 3. The van der Waals surface area contributed by atoms with Crippen LogP contribution in [0.15, 0.2) is 27.1 Å². The molecular formula is C15H18Br2ClNO. The van der Waals surface area contributed by atoms with Gasteiger partial charge in [0, 0.05) is 20.4 Å². The standard InChI is InChI=1S/C15H18Br2ClNO/c1-10-3-2-4-15(8-10,9-18)19-14(20)11-5-12(16)7-13(17)6-11/h5-7,10H,2-4,8-9H2,1H3,(H,19,20). The molecule has 0 saturated heterocycles. The number of halogens is 3. The van der Waals surface area contributed by atoms with Crippen molar-refractivity contribution in [3.63, 3.8) is 0 Å². The molecule has 0 bridgehead atoms. The fourth-order valence-corrected chi connectivity index (χ4v) is 4.53. The van der Waals surface area contributed by atoms with Crippen molar-refractivity contribution in [2.75, 3.05) is 5.88 Å². The van der Waals surface area contributed by atoms with Gasteiger partial charge in [0.25, 0.3) is 5.91 Å². The number of hydrogen-bond donors (Lipinski definition) is 1. The maximum absolute atomic E-state index is 12.5. The minimum absolute atomic E-state index is 0.0539. The van der Waals surface area contributed by atoms with E-state index in [9.17, 15) is 4.79 Å². The molecule has 1 saturated carbocycles. The normalized spacial score (nSPS) is 26.3. The molecule has 2 nitrogen and oxygen atoms in total. The van der Waals surface area contributed by atoms with E-state index >= 15 is 0 Å². The highest BCUT2D eigenvalue weighted by molar-refractivity contribution is 9.11. The number of amides is 1. The van der Waals surface area contributed by atoms with Gasteiger partial charge >= 0.3 is 0 Å². The van der Waals surface area contributed by atoms with E-state index in [1.165, 1.54) is 6.42 Å². The highest BCUT2D eigenvalue weighted by Crippen LogP contribution is 2.33. The zero-order chi connectivity index (χ0) is 14.8. The molecule has 1 aromatic carbocycles. The second-order valence-corrected chi connectivity index (χ2v) is 7.83. The Bertz CT molecular complexity index is 488. The molecule has 1 aromatic rings. The minimum atomic E-state index is -0.259. The number of carbonyl (C=O) groups is 1. The molecule has 0 radical (unpaired) electrons. The van der Waals surface area contributed by atoms with E-state index in [4.69, 9.17) is 11.6 Å². The smallest absolute Gasteiger partial charge is 0.251 e. The monoisotopic (exact) mass is 421 g/mol. The van der Waals surface area contributed by atoms with Crippen molar-refractivity contribution in [2.24, 2.45) is 5.92 Å². The Morgan fingerprint density at radius 1 is 1.40 bits per heavy atom. The first-order chi connectivity index (χ1) is 9.44. The number of benzene rings is 1. The van der Waals surface area contributed by atoms with Crippen LogP contribution in [0.4, 0.5) is 0 Å². The van der Waals surface area contributed by atoms with Gasteiger partial charge in [0.1, 0.15) is 0 Å². The van der Waals surface area contributed by atoms with Crippen LogP contribution in [0.5, 0.6) is 0 Å². The van der Waals surface area contributed by atoms with Crippen LogP contribution < -0.4 is 5.32 Å². The fourth-order valence-electron chi connectivity index (χ4n) is 2.93. The first kappa shape index (κ1) is 16.3.